The number of alkyl halides is 2. The quantitative estimate of drug-likeness (QED) is 0.319. The van der Waals surface area contributed by atoms with Crippen LogP contribution in [0.2, 0.25) is 0 Å². The molecule has 2 aromatic carbocycles. The van der Waals surface area contributed by atoms with E-state index in [-0.39, 0.29) is 18.6 Å². The molecule has 0 aromatic heterocycles. The second-order valence-electron chi connectivity index (χ2n) is 9.96. The molecule has 0 aliphatic carbocycles. The van der Waals surface area contributed by atoms with E-state index in [1.807, 2.05) is 38.1 Å². The van der Waals surface area contributed by atoms with E-state index in [0.717, 1.165) is 36.1 Å². The van der Waals surface area contributed by atoms with Crippen molar-refractivity contribution in [3.8, 4) is 5.75 Å². The second-order valence-corrected chi connectivity index (χ2v) is 9.96. The van der Waals surface area contributed by atoms with Crippen LogP contribution >= 0.6 is 0 Å². The number of benzene rings is 2. The number of unbranched alkanes of at least 4 members (excludes halogenated alkanes) is 3. The molecular weight excluding hydrogens is 468 g/mol. The summed E-state index contributed by atoms with van der Waals surface area (Å²) in [6.45, 7) is 5.05. The maximum absolute atomic E-state index is 14.0. The van der Waals surface area contributed by atoms with Gasteiger partial charge in [-0.15, -0.1) is 0 Å². The van der Waals surface area contributed by atoms with Gasteiger partial charge in [0.15, 0.2) is 0 Å². The summed E-state index contributed by atoms with van der Waals surface area (Å²) in [6, 6.07) is 14.5. The van der Waals surface area contributed by atoms with Crippen LogP contribution in [0.1, 0.15) is 62.3 Å². The number of rotatable bonds is 12. The van der Waals surface area contributed by atoms with Crippen LogP contribution in [-0.4, -0.2) is 49.0 Å². The highest BCUT2D eigenvalue weighted by Crippen LogP contribution is 2.35. The number of ether oxygens (including phenoxy) is 4. The van der Waals surface area contributed by atoms with Crippen LogP contribution in [0.3, 0.4) is 0 Å². The van der Waals surface area contributed by atoms with Gasteiger partial charge in [-0.25, -0.2) is 13.6 Å². The van der Waals surface area contributed by atoms with Crippen LogP contribution < -0.4 is 4.74 Å². The second kappa shape index (κ2) is 11.6. The van der Waals surface area contributed by atoms with Gasteiger partial charge in [0, 0.05) is 39.0 Å². The Kier molecular flexibility index (Phi) is 8.46. The Bertz CT molecular complexity index is 1010. The van der Waals surface area contributed by atoms with E-state index in [4.69, 9.17) is 18.9 Å². The Balaban J connectivity index is 1.10. The minimum atomic E-state index is -2.87. The molecule has 0 N–H and O–H groups in total. The molecule has 2 aliphatic heterocycles. The number of nitrogens with zero attached hydrogens (tertiary/aromatic N) is 1. The average molecular weight is 504 g/mol. The molecule has 0 saturated carbocycles. The molecule has 1 fully saturated rings. The zero-order valence-corrected chi connectivity index (χ0v) is 21.0. The maximum Gasteiger partial charge on any atom is 0.410 e. The minimum Gasteiger partial charge on any atom is -0.463 e. The fourth-order valence-corrected chi connectivity index (χ4v) is 4.45. The molecular formula is C28H35F2NO5. The number of carbonyl (C=O) groups excluding carboxylic acids is 1. The fraction of sp³-hybridized carbons (Fsp3) is 0.536. The summed E-state index contributed by atoms with van der Waals surface area (Å²) in [6.07, 6.45) is 2.35. The lowest BCUT2D eigenvalue weighted by atomic mass is 10.0. The maximum atomic E-state index is 14.0. The number of hydrogen-bond acceptors (Lipinski definition) is 5. The first-order valence-electron chi connectivity index (χ1n) is 12.6. The number of carbonyl (C=O) groups is 1. The molecule has 0 spiro atoms. The Morgan fingerprint density at radius 2 is 1.86 bits per heavy atom. The van der Waals surface area contributed by atoms with E-state index in [1.165, 1.54) is 0 Å². The van der Waals surface area contributed by atoms with Crippen molar-refractivity contribution in [1.82, 2.24) is 4.90 Å². The van der Waals surface area contributed by atoms with E-state index in [0.29, 0.717) is 38.3 Å². The molecule has 0 bridgehead atoms. The van der Waals surface area contributed by atoms with Gasteiger partial charge in [0.05, 0.1) is 13.2 Å². The Morgan fingerprint density at radius 1 is 1.08 bits per heavy atom. The number of fused-ring (bicyclic) bond motifs is 1. The lowest BCUT2D eigenvalue weighted by molar-refractivity contribution is -0.180. The van der Waals surface area contributed by atoms with E-state index in [1.54, 1.807) is 29.2 Å². The molecule has 0 radical (unpaired) electrons. The highest BCUT2D eigenvalue weighted by molar-refractivity contribution is 5.70. The van der Waals surface area contributed by atoms with Gasteiger partial charge in [0.2, 0.25) is 5.79 Å². The van der Waals surface area contributed by atoms with Crippen LogP contribution in [0.5, 0.6) is 5.75 Å². The largest absolute Gasteiger partial charge is 0.463 e. The molecule has 36 heavy (non-hydrogen) atoms. The Hall–Kier alpha value is -2.71. The minimum absolute atomic E-state index is 0.307. The normalized spacial score (nSPS) is 19.1. The molecule has 4 rings (SSSR count). The zero-order valence-electron chi connectivity index (χ0n) is 21.0. The summed E-state index contributed by atoms with van der Waals surface area (Å²) in [5, 5.41) is 0. The molecule has 0 unspecified atom stereocenters. The number of hydrogen-bond donors (Lipinski definition) is 0. The van der Waals surface area contributed by atoms with Gasteiger partial charge in [-0.3, -0.25) is 0 Å². The molecule has 2 aromatic rings. The zero-order chi connectivity index (χ0) is 25.6. The third kappa shape index (κ3) is 7.40. The van der Waals surface area contributed by atoms with Crippen LogP contribution in [-0.2, 0) is 27.2 Å². The van der Waals surface area contributed by atoms with Gasteiger partial charge in [-0.2, -0.15) is 0 Å². The number of amides is 1. The molecule has 1 saturated heterocycles. The van der Waals surface area contributed by atoms with Crippen molar-refractivity contribution in [2.75, 3.05) is 26.3 Å². The predicted molar refractivity (Wildman–Crippen MR) is 131 cm³/mol. The van der Waals surface area contributed by atoms with Crippen molar-refractivity contribution in [3.05, 3.63) is 65.2 Å². The van der Waals surface area contributed by atoms with Crippen molar-refractivity contribution in [2.45, 2.75) is 70.4 Å². The van der Waals surface area contributed by atoms with Gasteiger partial charge in [0.1, 0.15) is 18.5 Å². The molecule has 1 amide bonds. The number of halogens is 2. The van der Waals surface area contributed by atoms with Crippen LogP contribution in [0.4, 0.5) is 13.6 Å². The first-order chi connectivity index (χ1) is 17.2. The van der Waals surface area contributed by atoms with E-state index >= 15 is 0 Å². The summed E-state index contributed by atoms with van der Waals surface area (Å²) in [5.74, 6) is -2.73. The van der Waals surface area contributed by atoms with Crippen molar-refractivity contribution in [2.24, 2.45) is 0 Å². The van der Waals surface area contributed by atoms with Crippen molar-refractivity contribution >= 4 is 6.09 Å². The van der Waals surface area contributed by atoms with Crippen LogP contribution in [0.15, 0.2) is 48.5 Å². The Morgan fingerprint density at radius 3 is 2.67 bits per heavy atom. The van der Waals surface area contributed by atoms with Gasteiger partial charge in [0.25, 0.3) is 5.92 Å². The van der Waals surface area contributed by atoms with Crippen LogP contribution in [0, 0.1) is 0 Å². The number of cyclic esters (lactones) is 1. The predicted octanol–water partition coefficient (Wildman–Crippen LogP) is 6.28. The molecule has 2 heterocycles. The SMILES string of the molecule is CC1(C)OCc2cc([C@H]3CN(CCCCCCOCC(F)(F)Cc4ccccc4)C(=O)O3)ccc2O1. The molecule has 1 atom stereocenters. The summed E-state index contributed by atoms with van der Waals surface area (Å²) >= 11 is 0. The highest BCUT2D eigenvalue weighted by atomic mass is 19.3. The smallest absolute Gasteiger partial charge is 0.410 e. The van der Waals surface area contributed by atoms with E-state index in [2.05, 4.69) is 0 Å². The third-order valence-electron chi connectivity index (χ3n) is 6.36. The molecule has 196 valence electrons. The topological polar surface area (TPSA) is 57.2 Å². The fourth-order valence-electron chi connectivity index (χ4n) is 4.45. The van der Waals surface area contributed by atoms with Gasteiger partial charge in [-0.1, -0.05) is 49.2 Å². The van der Waals surface area contributed by atoms with Crippen molar-refractivity contribution < 1.29 is 32.5 Å². The third-order valence-corrected chi connectivity index (χ3v) is 6.36. The molecule has 8 heteroatoms. The first-order valence-corrected chi connectivity index (χ1v) is 12.6. The van der Waals surface area contributed by atoms with Gasteiger partial charge in [-0.05, 0) is 36.1 Å². The standard InChI is InChI=1S/C28H35F2NO5/c1-27(2)34-19-23-16-22(12-13-24(23)36-27)25-18-31(26(32)35-25)14-8-3-4-9-15-33-20-28(29,30)17-21-10-6-5-7-11-21/h5-7,10-13,16,25H,3-4,8-9,14-15,17-20H2,1-2H3/t25-/m1/s1. The summed E-state index contributed by atoms with van der Waals surface area (Å²) < 4.78 is 50.4. The first kappa shape index (κ1) is 26.4. The molecule has 2 aliphatic rings. The summed E-state index contributed by atoms with van der Waals surface area (Å²) in [4.78, 5) is 14.0. The van der Waals surface area contributed by atoms with Gasteiger partial charge >= 0.3 is 6.09 Å². The van der Waals surface area contributed by atoms with Crippen molar-refractivity contribution in [3.63, 3.8) is 0 Å². The van der Waals surface area contributed by atoms with Gasteiger partial charge < -0.3 is 23.8 Å². The van der Waals surface area contributed by atoms with E-state index in [9.17, 15) is 13.6 Å². The summed E-state index contributed by atoms with van der Waals surface area (Å²) in [7, 11) is 0. The Labute approximate surface area is 211 Å². The lowest BCUT2D eigenvalue weighted by Gasteiger charge is -2.32. The highest BCUT2D eigenvalue weighted by Gasteiger charge is 2.34. The van der Waals surface area contributed by atoms with Crippen molar-refractivity contribution in [1.29, 1.82) is 0 Å². The summed E-state index contributed by atoms with van der Waals surface area (Å²) in [5.41, 5.74) is 2.48. The average Bonchev–Trinajstić information content (AvgIpc) is 3.20. The lowest BCUT2D eigenvalue weighted by Crippen LogP contribution is -2.35. The van der Waals surface area contributed by atoms with Crippen LogP contribution in [0.25, 0.3) is 0 Å². The monoisotopic (exact) mass is 503 g/mol. The van der Waals surface area contributed by atoms with E-state index < -0.39 is 18.3 Å². The molecule has 6 nitrogen and oxygen atoms in total.